The number of aromatic nitrogens is 4. The lowest BCUT2D eigenvalue weighted by molar-refractivity contribution is -0.116. The molecule has 1 N–H and O–H groups in total. The Balaban J connectivity index is 1.44. The van der Waals surface area contributed by atoms with E-state index in [2.05, 4.69) is 22.2 Å². The molecule has 1 aromatic carbocycles. The molecule has 1 aliphatic heterocycles. The van der Waals surface area contributed by atoms with Crippen LogP contribution in [0.15, 0.2) is 29.6 Å². The maximum atomic E-state index is 12.5. The van der Waals surface area contributed by atoms with E-state index in [9.17, 15) is 4.79 Å². The molecule has 2 aromatic heterocycles. The average Bonchev–Trinajstić information content (AvgIpc) is 3.34. The standard InChI is InChI=1S/C26H34N6O4S/c1-5-37-26-29-24(31-12-7-6-8-13-31)19-17-28-32(25(19)30-26)14-11-27-22(33)10-9-18-15-20(34-2)23(36-4)21(16-18)35-3/h9-10,15-17H,5-8,11-14H2,1-4H3,(H,27,33)/b10-9-. The number of ether oxygens (including phenoxy) is 3. The van der Waals surface area contributed by atoms with Crippen molar-refractivity contribution < 1.29 is 19.0 Å². The summed E-state index contributed by atoms with van der Waals surface area (Å²) in [6.07, 6.45) is 8.63. The van der Waals surface area contributed by atoms with Crippen molar-refractivity contribution in [3.63, 3.8) is 0 Å². The van der Waals surface area contributed by atoms with Crippen LogP contribution in [-0.2, 0) is 11.3 Å². The van der Waals surface area contributed by atoms with Crippen molar-refractivity contribution in [1.29, 1.82) is 0 Å². The van der Waals surface area contributed by atoms with E-state index >= 15 is 0 Å². The maximum Gasteiger partial charge on any atom is 0.244 e. The fourth-order valence-electron chi connectivity index (χ4n) is 4.34. The number of anilines is 1. The number of benzene rings is 1. The zero-order valence-corrected chi connectivity index (χ0v) is 22.6. The summed E-state index contributed by atoms with van der Waals surface area (Å²) < 4.78 is 17.9. The summed E-state index contributed by atoms with van der Waals surface area (Å²) in [4.78, 5) is 24.4. The number of hydrogen-bond acceptors (Lipinski definition) is 9. The number of carbonyl (C=O) groups excluding carboxylic acids is 1. The van der Waals surface area contributed by atoms with Crippen LogP contribution in [-0.4, -0.2) is 72.4 Å². The van der Waals surface area contributed by atoms with Gasteiger partial charge in [0.05, 0.1) is 39.5 Å². The van der Waals surface area contributed by atoms with Gasteiger partial charge >= 0.3 is 0 Å². The molecule has 1 amide bonds. The molecular weight excluding hydrogens is 492 g/mol. The van der Waals surface area contributed by atoms with Gasteiger partial charge in [-0.1, -0.05) is 18.7 Å². The minimum Gasteiger partial charge on any atom is -0.493 e. The molecule has 11 heteroatoms. The van der Waals surface area contributed by atoms with Gasteiger partial charge in [-0.3, -0.25) is 4.79 Å². The van der Waals surface area contributed by atoms with E-state index in [0.29, 0.717) is 30.3 Å². The van der Waals surface area contributed by atoms with E-state index in [-0.39, 0.29) is 5.91 Å². The van der Waals surface area contributed by atoms with E-state index in [4.69, 9.17) is 24.2 Å². The van der Waals surface area contributed by atoms with Crippen molar-refractivity contribution in [2.24, 2.45) is 0 Å². The molecule has 0 bridgehead atoms. The predicted molar refractivity (Wildman–Crippen MR) is 146 cm³/mol. The Morgan fingerprint density at radius 1 is 1.08 bits per heavy atom. The molecule has 4 rings (SSSR count). The van der Waals surface area contributed by atoms with Gasteiger partial charge in [0, 0.05) is 25.7 Å². The third kappa shape index (κ3) is 6.27. The van der Waals surface area contributed by atoms with Crippen LogP contribution in [0.25, 0.3) is 17.1 Å². The van der Waals surface area contributed by atoms with E-state index in [1.165, 1.54) is 25.3 Å². The minimum absolute atomic E-state index is 0.212. The molecule has 3 aromatic rings. The van der Waals surface area contributed by atoms with E-state index < -0.39 is 0 Å². The number of methoxy groups -OCH3 is 3. The van der Waals surface area contributed by atoms with Crippen LogP contribution < -0.4 is 24.4 Å². The summed E-state index contributed by atoms with van der Waals surface area (Å²) in [5.41, 5.74) is 1.55. The first-order chi connectivity index (χ1) is 18.1. The molecule has 1 aliphatic rings. The molecule has 3 heterocycles. The first kappa shape index (κ1) is 26.6. The van der Waals surface area contributed by atoms with Crippen LogP contribution in [0, 0.1) is 0 Å². The highest BCUT2D eigenvalue weighted by Crippen LogP contribution is 2.38. The largest absolute Gasteiger partial charge is 0.493 e. The molecule has 0 radical (unpaired) electrons. The lowest BCUT2D eigenvalue weighted by atomic mass is 10.1. The van der Waals surface area contributed by atoms with Crippen LogP contribution in [0.4, 0.5) is 5.82 Å². The van der Waals surface area contributed by atoms with Gasteiger partial charge in [-0.15, -0.1) is 0 Å². The SMILES string of the molecule is CCSc1nc(N2CCCCC2)c2cnn(CCNC(=O)/C=C\c3cc(OC)c(OC)c(OC)c3)c2n1. The van der Waals surface area contributed by atoms with Gasteiger partial charge < -0.3 is 24.4 Å². The third-order valence-electron chi connectivity index (χ3n) is 6.12. The summed E-state index contributed by atoms with van der Waals surface area (Å²) in [7, 11) is 4.66. The molecular formula is C26H34N6O4S. The third-order valence-corrected chi connectivity index (χ3v) is 6.85. The molecule has 1 saturated heterocycles. The highest BCUT2D eigenvalue weighted by Gasteiger charge is 2.20. The van der Waals surface area contributed by atoms with Gasteiger partial charge in [0.2, 0.25) is 11.7 Å². The summed E-state index contributed by atoms with van der Waals surface area (Å²) in [5.74, 6) is 3.21. The van der Waals surface area contributed by atoms with Gasteiger partial charge in [-0.2, -0.15) is 5.10 Å². The molecule has 1 fully saturated rings. The zero-order valence-electron chi connectivity index (χ0n) is 21.8. The Bertz CT molecular complexity index is 1230. The van der Waals surface area contributed by atoms with Gasteiger partial charge in [-0.25, -0.2) is 14.6 Å². The molecule has 198 valence electrons. The second-order valence-corrected chi connectivity index (χ2v) is 9.73. The number of rotatable bonds is 11. The predicted octanol–water partition coefficient (Wildman–Crippen LogP) is 3.78. The van der Waals surface area contributed by atoms with Crippen molar-refractivity contribution in [3.8, 4) is 17.2 Å². The number of nitrogens with one attached hydrogen (secondary N) is 1. The van der Waals surface area contributed by atoms with E-state index in [1.807, 2.05) is 10.9 Å². The van der Waals surface area contributed by atoms with Crippen LogP contribution >= 0.6 is 11.8 Å². The fourth-order valence-corrected chi connectivity index (χ4v) is 4.90. The smallest absolute Gasteiger partial charge is 0.244 e. The van der Waals surface area contributed by atoms with Crippen LogP contribution in [0.5, 0.6) is 17.2 Å². The monoisotopic (exact) mass is 526 g/mol. The molecule has 37 heavy (non-hydrogen) atoms. The van der Waals surface area contributed by atoms with Gasteiger partial charge in [0.1, 0.15) is 5.82 Å². The summed E-state index contributed by atoms with van der Waals surface area (Å²) in [5, 5.41) is 9.20. The first-order valence-electron chi connectivity index (χ1n) is 12.4. The topological polar surface area (TPSA) is 104 Å². The van der Waals surface area contributed by atoms with Crippen molar-refractivity contribution in [2.75, 3.05) is 51.6 Å². The Kier molecular flexibility index (Phi) is 9.10. The van der Waals surface area contributed by atoms with E-state index in [0.717, 1.165) is 46.4 Å². The van der Waals surface area contributed by atoms with Crippen molar-refractivity contribution >= 4 is 40.6 Å². The number of hydrogen-bond donors (Lipinski definition) is 1. The quantitative estimate of drug-likeness (QED) is 0.227. The van der Waals surface area contributed by atoms with Gasteiger partial charge in [0.25, 0.3) is 0 Å². The van der Waals surface area contributed by atoms with Crippen LogP contribution in [0.2, 0.25) is 0 Å². The molecule has 0 unspecified atom stereocenters. The van der Waals surface area contributed by atoms with Crippen molar-refractivity contribution in [3.05, 3.63) is 30.0 Å². The molecule has 0 atom stereocenters. The lowest BCUT2D eigenvalue weighted by Crippen LogP contribution is -2.30. The second-order valence-electron chi connectivity index (χ2n) is 8.50. The van der Waals surface area contributed by atoms with Crippen LogP contribution in [0.3, 0.4) is 0 Å². The molecule has 0 saturated carbocycles. The first-order valence-corrected chi connectivity index (χ1v) is 13.4. The molecule has 0 aliphatic carbocycles. The summed E-state index contributed by atoms with van der Waals surface area (Å²) >= 11 is 1.63. The number of amides is 1. The van der Waals surface area contributed by atoms with Gasteiger partial charge in [-0.05, 0) is 48.8 Å². The summed E-state index contributed by atoms with van der Waals surface area (Å²) in [6, 6.07) is 3.57. The number of carbonyl (C=O) groups is 1. The zero-order chi connectivity index (χ0) is 26.2. The average molecular weight is 527 g/mol. The number of piperidine rings is 1. The Morgan fingerprint density at radius 2 is 1.81 bits per heavy atom. The summed E-state index contributed by atoms with van der Waals surface area (Å²) in [6.45, 7) is 5.01. The van der Waals surface area contributed by atoms with Crippen LogP contribution in [0.1, 0.15) is 31.7 Å². The number of nitrogens with zero attached hydrogens (tertiary/aromatic N) is 5. The Labute approximate surface area is 221 Å². The van der Waals surface area contributed by atoms with Crippen molar-refractivity contribution in [2.45, 2.75) is 37.9 Å². The number of fused-ring (bicyclic) bond motifs is 1. The molecule has 10 nitrogen and oxygen atoms in total. The highest BCUT2D eigenvalue weighted by atomic mass is 32.2. The lowest BCUT2D eigenvalue weighted by Gasteiger charge is -2.28. The highest BCUT2D eigenvalue weighted by molar-refractivity contribution is 7.99. The van der Waals surface area contributed by atoms with Crippen molar-refractivity contribution in [1.82, 2.24) is 25.1 Å². The Morgan fingerprint density at radius 3 is 2.46 bits per heavy atom. The number of thioether (sulfide) groups is 1. The normalized spacial score (nSPS) is 13.8. The van der Waals surface area contributed by atoms with Gasteiger partial charge in [0.15, 0.2) is 22.3 Å². The minimum atomic E-state index is -0.212. The Hall–Kier alpha value is -3.47. The molecule has 0 spiro atoms. The van der Waals surface area contributed by atoms with E-state index in [1.54, 1.807) is 51.3 Å². The second kappa shape index (κ2) is 12.7. The fraction of sp³-hybridized carbons (Fsp3) is 0.462. The maximum absolute atomic E-state index is 12.5.